The predicted octanol–water partition coefficient (Wildman–Crippen LogP) is 0.294. The summed E-state index contributed by atoms with van der Waals surface area (Å²) in [5, 5.41) is 19.7. The molecule has 0 saturated carbocycles. The van der Waals surface area contributed by atoms with Crippen LogP contribution in [0.15, 0.2) is 42.5 Å². The summed E-state index contributed by atoms with van der Waals surface area (Å²) in [5.41, 5.74) is 0.801. The molecule has 0 radical (unpaired) electrons. The molecule has 22 heavy (non-hydrogen) atoms. The van der Waals surface area contributed by atoms with E-state index in [2.05, 4.69) is 5.32 Å². The minimum absolute atomic E-state index is 0.193. The number of likely N-dealkylation sites (N-methyl/N-ethyl adjacent to an activating group) is 1. The van der Waals surface area contributed by atoms with Crippen molar-refractivity contribution in [3.05, 3.63) is 48.0 Å². The molecule has 2 N–H and O–H groups in total. The number of nitrogens with zero attached hydrogens (tertiary/aromatic N) is 2. The first kappa shape index (κ1) is 16.9. The summed E-state index contributed by atoms with van der Waals surface area (Å²) in [7, 11) is 1.29. The molecule has 0 spiro atoms. The molecule has 0 fully saturated rings. The molecule has 0 saturated heterocycles. The maximum atomic E-state index is 12.1. The van der Waals surface area contributed by atoms with Gasteiger partial charge in [0.1, 0.15) is 6.04 Å². The van der Waals surface area contributed by atoms with Crippen LogP contribution < -0.4 is 5.32 Å². The number of amides is 2. The van der Waals surface area contributed by atoms with Crippen molar-refractivity contribution in [2.24, 2.45) is 0 Å². The summed E-state index contributed by atoms with van der Waals surface area (Å²) < 4.78 is 0. The van der Waals surface area contributed by atoms with Crippen LogP contribution in [-0.2, 0) is 20.8 Å². The molecule has 0 heterocycles. The number of rotatable bonds is 6. The average molecular weight is 301 g/mol. The van der Waals surface area contributed by atoms with Crippen molar-refractivity contribution in [3.8, 4) is 6.19 Å². The molecule has 1 rings (SSSR count). The second kappa shape index (κ2) is 8.21. The monoisotopic (exact) mass is 301 g/mol. The van der Waals surface area contributed by atoms with E-state index in [0.717, 1.165) is 16.5 Å². The number of benzene rings is 1. The van der Waals surface area contributed by atoms with Crippen LogP contribution in [0.25, 0.3) is 0 Å². The van der Waals surface area contributed by atoms with Gasteiger partial charge in [-0.2, -0.15) is 5.26 Å². The Morgan fingerprint density at radius 3 is 2.50 bits per heavy atom. The van der Waals surface area contributed by atoms with Crippen molar-refractivity contribution < 1.29 is 19.5 Å². The average Bonchev–Trinajstić information content (AvgIpc) is 2.51. The van der Waals surface area contributed by atoms with Crippen molar-refractivity contribution in [3.63, 3.8) is 0 Å². The number of carboxylic acids is 1. The van der Waals surface area contributed by atoms with Crippen molar-refractivity contribution in [2.75, 3.05) is 7.05 Å². The van der Waals surface area contributed by atoms with E-state index in [1.807, 2.05) is 6.07 Å². The zero-order valence-electron chi connectivity index (χ0n) is 11.9. The van der Waals surface area contributed by atoms with Gasteiger partial charge in [0.2, 0.25) is 5.91 Å². The predicted molar refractivity (Wildman–Crippen MR) is 77.2 cm³/mol. The van der Waals surface area contributed by atoms with Crippen LogP contribution in [0.2, 0.25) is 0 Å². The molecule has 1 atom stereocenters. The van der Waals surface area contributed by atoms with Crippen LogP contribution in [0, 0.1) is 11.5 Å². The second-order valence-electron chi connectivity index (χ2n) is 4.42. The molecule has 1 aromatic carbocycles. The molecule has 0 bridgehead atoms. The summed E-state index contributed by atoms with van der Waals surface area (Å²) in [6.45, 7) is 0. The van der Waals surface area contributed by atoms with Crippen LogP contribution >= 0.6 is 0 Å². The van der Waals surface area contributed by atoms with E-state index in [4.69, 9.17) is 10.4 Å². The fourth-order valence-electron chi connectivity index (χ4n) is 1.70. The number of aliphatic carboxylic acids is 1. The lowest BCUT2D eigenvalue weighted by molar-refractivity contribution is -0.132. The van der Waals surface area contributed by atoms with Crippen LogP contribution in [0.5, 0.6) is 0 Å². The quantitative estimate of drug-likeness (QED) is 0.446. The van der Waals surface area contributed by atoms with Gasteiger partial charge in [0.05, 0.1) is 0 Å². The molecule has 0 aliphatic rings. The Hall–Kier alpha value is -3.14. The highest BCUT2D eigenvalue weighted by Crippen LogP contribution is 2.05. The van der Waals surface area contributed by atoms with Crippen molar-refractivity contribution >= 4 is 17.8 Å². The molecule has 0 aliphatic carbocycles. The molecule has 0 aromatic heterocycles. The Bertz CT molecular complexity index is 619. The Balaban J connectivity index is 2.87. The van der Waals surface area contributed by atoms with Gasteiger partial charge in [0.15, 0.2) is 6.19 Å². The maximum absolute atomic E-state index is 12.1. The fraction of sp³-hybridized carbons (Fsp3) is 0.200. The highest BCUT2D eigenvalue weighted by atomic mass is 16.4. The highest BCUT2D eigenvalue weighted by molar-refractivity contribution is 5.96. The first-order valence-electron chi connectivity index (χ1n) is 6.36. The first-order chi connectivity index (χ1) is 10.4. The number of hydrogen-bond acceptors (Lipinski definition) is 4. The molecular weight excluding hydrogens is 286 g/mol. The number of carbonyl (C=O) groups is 3. The number of carbonyl (C=O) groups excluding carboxylic acids is 2. The van der Waals surface area contributed by atoms with Gasteiger partial charge in [-0.3, -0.25) is 14.5 Å². The maximum Gasteiger partial charge on any atom is 0.328 e. The summed E-state index contributed by atoms with van der Waals surface area (Å²) in [5.74, 6) is -2.57. The fourth-order valence-corrected chi connectivity index (χ4v) is 1.70. The van der Waals surface area contributed by atoms with E-state index in [1.54, 1.807) is 30.5 Å². The smallest absolute Gasteiger partial charge is 0.328 e. The zero-order chi connectivity index (χ0) is 16.5. The molecular formula is C15H15N3O4. The summed E-state index contributed by atoms with van der Waals surface area (Å²) in [6, 6.07) is 8.00. The van der Waals surface area contributed by atoms with Gasteiger partial charge in [0.25, 0.3) is 5.91 Å². The lowest BCUT2D eigenvalue weighted by Crippen LogP contribution is -2.47. The third-order valence-electron chi connectivity index (χ3n) is 2.76. The van der Waals surface area contributed by atoms with E-state index in [-0.39, 0.29) is 6.42 Å². The van der Waals surface area contributed by atoms with Gasteiger partial charge in [0, 0.05) is 25.6 Å². The van der Waals surface area contributed by atoms with Crippen LogP contribution in [0.4, 0.5) is 0 Å². The SMILES string of the molecule is CN(C#N)C(=O)C(Cc1ccccc1)NC(=O)C=CC(=O)O. The van der Waals surface area contributed by atoms with Crippen LogP contribution in [0.3, 0.4) is 0 Å². The van der Waals surface area contributed by atoms with E-state index < -0.39 is 23.8 Å². The largest absolute Gasteiger partial charge is 0.478 e. The summed E-state index contributed by atoms with van der Waals surface area (Å²) in [6.07, 6.45) is 3.36. The minimum atomic E-state index is -1.27. The van der Waals surface area contributed by atoms with Crippen molar-refractivity contribution in [1.29, 1.82) is 5.26 Å². The van der Waals surface area contributed by atoms with E-state index in [9.17, 15) is 14.4 Å². The zero-order valence-corrected chi connectivity index (χ0v) is 11.9. The molecule has 7 heteroatoms. The third kappa shape index (κ3) is 5.46. The topological polar surface area (TPSA) is 111 Å². The normalized spacial score (nSPS) is 11.5. The van der Waals surface area contributed by atoms with E-state index in [1.165, 1.54) is 7.05 Å². The lowest BCUT2D eigenvalue weighted by atomic mass is 10.0. The third-order valence-corrected chi connectivity index (χ3v) is 2.76. The van der Waals surface area contributed by atoms with Gasteiger partial charge in [-0.1, -0.05) is 30.3 Å². The van der Waals surface area contributed by atoms with Gasteiger partial charge < -0.3 is 10.4 Å². The Kier molecular flexibility index (Phi) is 6.32. The summed E-state index contributed by atoms with van der Waals surface area (Å²) in [4.78, 5) is 34.9. The first-order valence-corrected chi connectivity index (χ1v) is 6.36. The van der Waals surface area contributed by atoms with Crippen molar-refractivity contribution in [2.45, 2.75) is 12.5 Å². The Morgan fingerprint density at radius 1 is 1.32 bits per heavy atom. The van der Waals surface area contributed by atoms with E-state index in [0.29, 0.717) is 6.08 Å². The molecule has 1 aromatic rings. The van der Waals surface area contributed by atoms with Gasteiger partial charge in [-0.05, 0) is 5.56 Å². The molecule has 1 unspecified atom stereocenters. The van der Waals surface area contributed by atoms with Crippen LogP contribution in [0.1, 0.15) is 5.56 Å². The molecule has 2 amide bonds. The molecule has 0 aliphatic heterocycles. The molecule has 114 valence electrons. The second-order valence-corrected chi connectivity index (χ2v) is 4.42. The van der Waals surface area contributed by atoms with Crippen molar-refractivity contribution in [1.82, 2.24) is 10.2 Å². The van der Waals surface area contributed by atoms with E-state index >= 15 is 0 Å². The van der Waals surface area contributed by atoms with Gasteiger partial charge in [-0.15, -0.1) is 0 Å². The van der Waals surface area contributed by atoms with Crippen LogP contribution in [-0.4, -0.2) is 40.9 Å². The highest BCUT2D eigenvalue weighted by Gasteiger charge is 2.23. The summed E-state index contributed by atoms with van der Waals surface area (Å²) >= 11 is 0. The van der Waals surface area contributed by atoms with Gasteiger partial charge in [-0.25, -0.2) is 4.79 Å². The number of carboxylic acid groups (broad SMARTS) is 1. The minimum Gasteiger partial charge on any atom is -0.478 e. The standard InChI is InChI=1S/C15H15N3O4/c1-18(10-16)15(22)12(9-11-5-3-2-4-6-11)17-13(19)7-8-14(20)21/h2-8,12H,9H2,1H3,(H,17,19)(H,20,21). The number of hydrogen-bond donors (Lipinski definition) is 2. The Morgan fingerprint density at radius 2 is 1.95 bits per heavy atom. The lowest BCUT2D eigenvalue weighted by Gasteiger charge is -2.19. The molecule has 7 nitrogen and oxygen atoms in total. The van der Waals surface area contributed by atoms with Gasteiger partial charge >= 0.3 is 5.97 Å². The number of nitriles is 1. The number of nitrogens with one attached hydrogen (secondary N) is 1. The Labute approximate surface area is 127 Å².